The van der Waals surface area contributed by atoms with Crippen molar-refractivity contribution in [3.63, 3.8) is 0 Å². The summed E-state index contributed by atoms with van der Waals surface area (Å²) < 4.78 is 0. The van der Waals surface area contributed by atoms with E-state index in [2.05, 4.69) is 5.32 Å². The van der Waals surface area contributed by atoms with Crippen LogP contribution in [0.25, 0.3) is 0 Å². The van der Waals surface area contributed by atoms with Crippen LogP contribution in [0.3, 0.4) is 0 Å². The maximum absolute atomic E-state index is 11.9. The Morgan fingerprint density at radius 2 is 1.89 bits per heavy atom. The van der Waals surface area contributed by atoms with Crippen molar-refractivity contribution in [3.8, 4) is 0 Å². The molecule has 1 amide bonds. The van der Waals surface area contributed by atoms with Crippen LogP contribution in [-0.4, -0.2) is 23.0 Å². The lowest BCUT2D eigenvalue weighted by Crippen LogP contribution is -2.42. The average Bonchev–Trinajstić information content (AvgIpc) is 2.91. The summed E-state index contributed by atoms with van der Waals surface area (Å²) in [5, 5.41) is 13.6. The Kier molecular flexibility index (Phi) is 4.30. The van der Waals surface area contributed by atoms with Gasteiger partial charge in [0.15, 0.2) is 0 Å². The molecule has 4 nitrogen and oxygen atoms in total. The van der Waals surface area contributed by atoms with Crippen LogP contribution in [0.4, 0.5) is 0 Å². The zero-order valence-electron chi connectivity index (χ0n) is 10.1. The maximum atomic E-state index is 11.9. The van der Waals surface area contributed by atoms with Crippen LogP contribution in [0.15, 0.2) is 47.8 Å². The Morgan fingerprint density at radius 3 is 2.47 bits per heavy atom. The van der Waals surface area contributed by atoms with Gasteiger partial charge in [0.2, 0.25) is 0 Å². The van der Waals surface area contributed by atoms with Crippen LogP contribution >= 0.6 is 11.3 Å². The zero-order chi connectivity index (χ0) is 13.7. The predicted molar refractivity (Wildman–Crippen MR) is 73.4 cm³/mol. The first-order valence-corrected chi connectivity index (χ1v) is 6.66. The van der Waals surface area contributed by atoms with Crippen LogP contribution in [0.2, 0.25) is 0 Å². The molecule has 2 rings (SSSR count). The molecule has 1 unspecified atom stereocenters. The number of thiophene rings is 1. The van der Waals surface area contributed by atoms with Crippen molar-refractivity contribution in [2.75, 3.05) is 0 Å². The van der Waals surface area contributed by atoms with E-state index >= 15 is 0 Å². The number of hydrogen-bond donors (Lipinski definition) is 2. The topological polar surface area (TPSA) is 66.4 Å². The molecule has 0 aliphatic carbocycles. The number of aliphatic carboxylic acids is 1. The Morgan fingerprint density at radius 1 is 1.16 bits per heavy atom. The molecule has 0 bridgehead atoms. The summed E-state index contributed by atoms with van der Waals surface area (Å²) in [6.07, 6.45) is 0.297. The van der Waals surface area contributed by atoms with E-state index in [1.54, 1.807) is 30.3 Å². The molecule has 19 heavy (non-hydrogen) atoms. The number of carbonyl (C=O) groups is 2. The van der Waals surface area contributed by atoms with Crippen molar-refractivity contribution in [2.45, 2.75) is 12.5 Å². The zero-order valence-corrected chi connectivity index (χ0v) is 10.9. The van der Waals surface area contributed by atoms with Crippen LogP contribution in [0.5, 0.6) is 0 Å². The molecule has 0 aliphatic heterocycles. The predicted octanol–water partition coefficient (Wildman–Crippen LogP) is 2.17. The van der Waals surface area contributed by atoms with Gasteiger partial charge in [0.05, 0.1) is 0 Å². The van der Waals surface area contributed by atoms with E-state index in [-0.39, 0.29) is 5.91 Å². The summed E-state index contributed by atoms with van der Waals surface area (Å²) in [4.78, 5) is 24.0. The molecule has 5 heteroatoms. The van der Waals surface area contributed by atoms with Gasteiger partial charge < -0.3 is 10.4 Å². The van der Waals surface area contributed by atoms with E-state index in [0.717, 1.165) is 4.88 Å². The lowest BCUT2D eigenvalue weighted by molar-refractivity contribution is -0.139. The molecule has 0 spiro atoms. The number of amides is 1. The first-order chi connectivity index (χ1) is 9.16. The Balaban J connectivity index is 2.05. The number of carbonyl (C=O) groups excluding carboxylic acids is 1. The number of rotatable bonds is 5. The summed E-state index contributed by atoms with van der Waals surface area (Å²) in [5.74, 6) is -1.40. The molecule has 98 valence electrons. The van der Waals surface area contributed by atoms with E-state index < -0.39 is 12.0 Å². The van der Waals surface area contributed by atoms with Gasteiger partial charge in [-0.25, -0.2) is 4.79 Å². The molecular formula is C14H13NO3S. The highest BCUT2D eigenvalue weighted by atomic mass is 32.1. The van der Waals surface area contributed by atoms with Crippen molar-refractivity contribution in [1.82, 2.24) is 5.32 Å². The molecule has 0 saturated carbocycles. The molecule has 0 fully saturated rings. The summed E-state index contributed by atoms with van der Waals surface area (Å²) in [5.41, 5.74) is 0.458. The molecular weight excluding hydrogens is 262 g/mol. The fraction of sp³-hybridized carbons (Fsp3) is 0.143. The monoisotopic (exact) mass is 275 g/mol. The van der Waals surface area contributed by atoms with Gasteiger partial charge in [0, 0.05) is 16.9 Å². The third kappa shape index (κ3) is 3.66. The lowest BCUT2D eigenvalue weighted by atomic mass is 10.1. The second-order valence-corrected chi connectivity index (χ2v) is 5.05. The van der Waals surface area contributed by atoms with Gasteiger partial charge >= 0.3 is 5.97 Å². The summed E-state index contributed by atoms with van der Waals surface area (Å²) in [7, 11) is 0. The highest BCUT2D eigenvalue weighted by Gasteiger charge is 2.21. The normalized spacial score (nSPS) is 11.8. The fourth-order valence-corrected chi connectivity index (χ4v) is 2.41. The molecule has 2 aromatic rings. The van der Waals surface area contributed by atoms with Crippen molar-refractivity contribution in [3.05, 3.63) is 58.3 Å². The Bertz CT molecular complexity index is 551. The first kappa shape index (κ1) is 13.3. The lowest BCUT2D eigenvalue weighted by Gasteiger charge is -2.13. The molecule has 2 N–H and O–H groups in total. The van der Waals surface area contributed by atoms with Crippen LogP contribution < -0.4 is 5.32 Å². The molecule has 0 radical (unpaired) electrons. The Labute approximate surface area is 114 Å². The van der Waals surface area contributed by atoms with E-state index in [4.69, 9.17) is 5.11 Å². The maximum Gasteiger partial charge on any atom is 0.326 e. The van der Waals surface area contributed by atoms with E-state index in [0.29, 0.717) is 12.0 Å². The third-order valence-electron chi connectivity index (χ3n) is 2.62. The van der Waals surface area contributed by atoms with Crippen molar-refractivity contribution >= 4 is 23.2 Å². The Hall–Kier alpha value is -2.14. The molecule has 1 atom stereocenters. The van der Waals surface area contributed by atoms with Gasteiger partial charge in [0.1, 0.15) is 6.04 Å². The smallest absolute Gasteiger partial charge is 0.326 e. The third-order valence-corrected chi connectivity index (χ3v) is 3.52. The van der Waals surface area contributed by atoms with Gasteiger partial charge in [-0.1, -0.05) is 24.3 Å². The van der Waals surface area contributed by atoms with Gasteiger partial charge in [-0.2, -0.15) is 0 Å². The highest BCUT2D eigenvalue weighted by molar-refractivity contribution is 7.09. The summed E-state index contributed by atoms with van der Waals surface area (Å²) in [6.45, 7) is 0. The number of carboxylic acid groups (broad SMARTS) is 1. The number of hydrogen-bond acceptors (Lipinski definition) is 3. The SMILES string of the molecule is O=C(NC(Cc1cccs1)C(=O)O)c1ccccc1. The summed E-state index contributed by atoms with van der Waals surface area (Å²) >= 11 is 1.48. The minimum absolute atomic E-state index is 0.297. The van der Waals surface area contributed by atoms with E-state index in [1.807, 2.05) is 17.5 Å². The number of benzene rings is 1. The largest absolute Gasteiger partial charge is 0.480 e. The number of carboxylic acids is 1. The minimum atomic E-state index is -1.03. The number of nitrogens with one attached hydrogen (secondary N) is 1. The quantitative estimate of drug-likeness (QED) is 0.879. The van der Waals surface area contributed by atoms with Crippen molar-refractivity contribution < 1.29 is 14.7 Å². The van der Waals surface area contributed by atoms with E-state index in [1.165, 1.54) is 11.3 Å². The molecule has 1 aromatic heterocycles. The minimum Gasteiger partial charge on any atom is -0.480 e. The van der Waals surface area contributed by atoms with Gasteiger partial charge in [-0.05, 0) is 23.6 Å². The van der Waals surface area contributed by atoms with Crippen LogP contribution in [0.1, 0.15) is 15.2 Å². The standard InChI is InChI=1S/C14H13NO3S/c16-13(10-5-2-1-3-6-10)15-12(14(17)18)9-11-7-4-8-19-11/h1-8,12H,9H2,(H,15,16)(H,17,18). The van der Waals surface area contributed by atoms with Gasteiger partial charge in [0.25, 0.3) is 5.91 Å². The molecule has 0 saturated heterocycles. The van der Waals surface area contributed by atoms with Crippen molar-refractivity contribution in [1.29, 1.82) is 0 Å². The van der Waals surface area contributed by atoms with Gasteiger partial charge in [-0.15, -0.1) is 11.3 Å². The average molecular weight is 275 g/mol. The fourth-order valence-electron chi connectivity index (χ4n) is 1.66. The molecule has 0 aliphatic rings. The first-order valence-electron chi connectivity index (χ1n) is 5.78. The second-order valence-electron chi connectivity index (χ2n) is 4.01. The summed E-state index contributed by atoms with van der Waals surface area (Å²) in [6, 6.07) is 11.4. The molecule has 1 heterocycles. The molecule has 1 aromatic carbocycles. The van der Waals surface area contributed by atoms with Gasteiger partial charge in [-0.3, -0.25) is 4.79 Å². The van der Waals surface area contributed by atoms with Crippen molar-refractivity contribution in [2.24, 2.45) is 0 Å². The second kappa shape index (κ2) is 6.15. The van der Waals surface area contributed by atoms with E-state index in [9.17, 15) is 9.59 Å². The van der Waals surface area contributed by atoms with Crippen LogP contribution in [-0.2, 0) is 11.2 Å². The van der Waals surface area contributed by atoms with Crippen LogP contribution in [0, 0.1) is 0 Å². The highest BCUT2D eigenvalue weighted by Crippen LogP contribution is 2.11.